The molecule has 2 N–H and O–H groups in total. The number of carboxylic acid groups (broad SMARTS) is 1. The number of aliphatic carboxylic acids is 1. The van der Waals surface area contributed by atoms with Gasteiger partial charge in [-0.05, 0) is 99.0 Å². The second-order valence-corrected chi connectivity index (χ2v) is 16.6. The van der Waals surface area contributed by atoms with Gasteiger partial charge in [0, 0.05) is 34.3 Å². The van der Waals surface area contributed by atoms with Gasteiger partial charge in [-0.2, -0.15) is 8.42 Å². The molecule has 3 aliphatic heterocycles. The maximum absolute atomic E-state index is 11.9. The lowest BCUT2D eigenvalue weighted by atomic mass is 9.69. The predicted molar refractivity (Wildman–Crippen MR) is 200 cm³/mol. The minimum Gasteiger partial charge on any atom is -0.481 e. The Kier molecular flexibility index (Phi) is 8.17. The Balaban J connectivity index is 1.37. The van der Waals surface area contributed by atoms with E-state index in [1.807, 2.05) is 24.3 Å². The third kappa shape index (κ3) is 5.40. The van der Waals surface area contributed by atoms with Gasteiger partial charge in [0.15, 0.2) is 0 Å². The van der Waals surface area contributed by atoms with E-state index in [0.29, 0.717) is 0 Å². The summed E-state index contributed by atoms with van der Waals surface area (Å²) in [6, 6.07) is 19.0. The molecule has 0 aromatic heterocycles. The molecule has 0 fully saturated rings. The van der Waals surface area contributed by atoms with Crippen molar-refractivity contribution in [1.29, 1.82) is 0 Å². The van der Waals surface area contributed by atoms with Crippen molar-refractivity contribution in [3.05, 3.63) is 118 Å². The van der Waals surface area contributed by atoms with E-state index in [1.165, 1.54) is 17.3 Å². The van der Waals surface area contributed by atoms with Gasteiger partial charge < -0.3 is 14.7 Å². The summed E-state index contributed by atoms with van der Waals surface area (Å²) in [7, 11) is -4.33. The Hall–Kier alpha value is -4.24. The molecule has 0 radical (unpaired) electrons. The Labute approximate surface area is 294 Å². The van der Waals surface area contributed by atoms with E-state index in [2.05, 4.69) is 76.8 Å². The van der Waals surface area contributed by atoms with Crippen LogP contribution in [0.4, 0.5) is 5.69 Å². The zero-order chi connectivity index (χ0) is 35.9. The molecule has 0 saturated heterocycles. The van der Waals surface area contributed by atoms with Crippen LogP contribution in [0.5, 0.6) is 0 Å². The van der Waals surface area contributed by atoms with Gasteiger partial charge in [-0.15, -0.1) is 0 Å². The average Bonchev–Trinajstić information content (AvgIpc) is 3.29. The van der Waals surface area contributed by atoms with Crippen LogP contribution in [0.1, 0.15) is 76.1 Å². The summed E-state index contributed by atoms with van der Waals surface area (Å²) in [4.78, 5) is 13.7. The standard InChI is InChI=1S/C42H45NO6S/c1-8-9-35-32(25(3)41(4,5)38-24(2)10-12-27-20-26(21-37(44)45)11-15-30(27)38)23-33-36(49-35)18-19-43-34-17-13-28-22-29(50(46,47)48)14-16-31(28)39(34)42(6,7)40(33)43/h10-17,20,22-23,35-36H,3,8-9,18-19,21H2,1-2,4-7H3,(H,44,45)(H,46,47,48). The highest BCUT2D eigenvalue weighted by molar-refractivity contribution is 7.85. The molecule has 3 aliphatic rings. The molecule has 4 aromatic carbocycles. The number of carbonyl (C=O) groups is 1. The number of anilines is 1. The quantitative estimate of drug-likeness (QED) is 0.178. The molecular formula is C42H45NO6S. The van der Waals surface area contributed by atoms with Crippen LogP contribution in [-0.2, 0) is 36.9 Å². The third-order valence-electron chi connectivity index (χ3n) is 11.2. The maximum Gasteiger partial charge on any atom is 0.307 e. The largest absolute Gasteiger partial charge is 0.481 e. The number of rotatable bonds is 8. The summed E-state index contributed by atoms with van der Waals surface area (Å²) < 4.78 is 40.6. The lowest BCUT2D eigenvalue weighted by Gasteiger charge is -2.44. The van der Waals surface area contributed by atoms with Crippen LogP contribution >= 0.6 is 0 Å². The lowest BCUT2D eigenvalue weighted by molar-refractivity contribution is -0.136. The molecule has 260 valence electrons. The van der Waals surface area contributed by atoms with Crippen LogP contribution in [0, 0.1) is 6.92 Å². The molecule has 0 spiro atoms. The highest BCUT2D eigenvalue weighted by atomic mass is 32.2. The summed E-state index contributed by atoms with van der Waals surface area (Å²) in [5.41, 5.74) is 8.92. The second kappa shape index (κ2) is 11.9. The van der Waals surface area contributed by atoms with Gasteiger partial charge in [0.05, 0.1) is 23.5 Å². The van der Waals surface area contributed by atoms with E-state index in [9.17, 15) is 22.9 Å². The molecule has 50 heavy (non-hydrogen) atoms. The fourth-order valence-corrected chi connectivity index (χ4v) is 9.45. The van der Waals surface area contributed by atoms with Crippen molar-refractivity contribution < 1.29 is 27.6 Å². The monoisotopic (exact) mass is 691 g/mol. The Morgan fingerprint density at radius 2 is 1.74 bits per heavy atom. The molecule has 4 aromatic rings. The van der Waals surface area contributed by atoms with E-state index < -0.39 is 26.9 Å². The van der Waals surface area contributed by atoms with Crippen molar-refractivity contribution in [1.82, 2.24) is 0 Å². The number of ether oxygens (including phenoxy) is 1. The van der Waals surface area contributed by atoms with E-state index in [-0.39, 0.29) is 23.5 Å². The molecule has 0 amide bonds. The Morgan fingerprint density at radius 1 is 1.04 bits per heavy atom. The van der Waals surface area contributed by atoms with Crippen molar-refractivity contribution >= 4 is 43.3 Å². The van der Waals surface area contributed by atoms with Crippen LogP contribution in [0.2, 0.25) is 0 Å². The van der Waals surface area contributed by atoms with Crippen LogP contribution in [-0.4, -0.2) is 42.8 Å². The van der Waals surface area contributed by atoms with E-state index in [0.717, 1.165) is 86.4 Å². The highest BCUT2D eigenvalue weighted by Crippen LogP contribution is 2.55. The van der Waals surface area contributed by atoms with E-state index in [4.69, 9.17) is 11.3 Å². The number of hydrogen-bond donors (Lipinski definition) is 2. The van der Waals surface area contributed by atoms with Gasteiger partial charge in [-0.25, -0.2) is 0 Å². The average molecular weight is 692 g/mol. The van der Waals surface area contributed by atoms with Crippen molar-refractivity contribution in [3.8, 4) is 0 Å². The first-order valence-corrected chi connectivity index (χ1v) is 18.9. The predicted octanol–water partition coefficient (Wildman–Crippen LogP) is 8.96. The zero-order valence-corrected chi connectivity index (χ0v) is 30.4. The molecule has 0 bridgehead atoms. The molecule has 3 heterocycles. The Bertz CT molecular complexity index is 2290. The van der Waals surface area contributed by atoms with Crippen molar-refractivity contribution in [2.45, 2.75) is 95.2 Å². The van der Waals surface area contributed by atoms with Gasteiger partial charge in [0.1, 0.15) is 0 Å². The molecule has 8 heteroatoms. The van der Waals surface area contributed by atoms with Gasteiger partial charge in [0.2, 0.25) is 0 Å². The van der Waals surface area contributed by atoms with Crippen LogP contribution in [0.3, 0.4) is 0 Å². The van der Waals surface area contributed by atoms with E-state index >= 15 is 0 Å². The number of nitrogens with zero attached hydrogens (tertiary/aromatic N) is 1. The minimum atomic E-state index is -4.33. The molecule has 2 unspecified atom stereocenters. The minimum absolute atomic E-state index is 0.0184. The first-order chi connectivity index (χ1) is 23.5. The SMILES string of the molecule is C=C(C1=CC2=C3N(CCC2OC1CCC)c1ccc2cc(S(=O)(=O)O)ccc2c1C3(C)C)C(C)(C)c1c(C)ccc2cc(CC(=O)O)ccc12. The van der Waals surface area contributed by atoms with Gasteiger partial charge >= 0.3 is 5.97 Å². The van der Waals surface area contributed by atoms with Crippen molar-refractivity contribution in [2.24, 2.45) is 0 Å². The fraction of sp³-hybridized carbons (Fsp3) is 0.357. The summed E-state index contributed by atoms with van der Waals surface area (Å²) in [6.45, 7) is 18.8. The van der Waals surface area contributed by atoms with Gasteiger partial charge in [-0.1, -0.05) is 90.1 Å². The maximum atomic E-state index is 11.9. The zero-order valence-electron chi connectivity index (χ0n) is 29.6. The highest BCUT2D eigenvalue weighted by Gasteiger charge is 2.48. The first kappa shape index (κ1) is 34.2. The summed E-state index contributed by atoms with van der Waals surface area (Å²) in [5, 5.41) is 13.2. The number of allylic oxidation sites excluding steroid dienone is 1. The summed E-state index contributed by atoms with van der Waals surface area (Å²) in [5.74, 6) is -0.848. The molecule has 7 nitrogen and oxygen atoms in total. The summed E-state index contributed by atoms with van der Waals surface area (Å²) in [6.07, 6.45) is 4.87. The Morgan fingerprint density at radius 3 is 2.44 bits per heavy atom. The van der Waals surface area contributed by atoms with Gasteiger partial charge in [-0.3, -0.25) is 9.35 Å². The number of fused-ring (bicyclic) bond motifs is 7. The fourth-order valence-electron chi connectivity index (χ4n) is 8.93. The first-order valence-electron chi connectivity index (χ1n) is 17.4. The van der Waals surface area contributed by atoms with Crippen molar-refractivity contribution in [2.75, 3.05) is 11.4 Å². The van der Waals surface area contributed by atoms with Crippen LogP contribution in [0.25, 0.3) is 21.5 Å². The topological polar surface area (TPSA) is 104 Å². The molecule has 0 aliphatic carbocycles. The van der Waals surface area contributed by atoms with E-state index in [1.54, 1.807) is 6.07 Å². The molecule has 7 rings (SSSR count). The number of benzene rings is 4. The summed E-state index contributed by atoms with van der Waals surface area (Å²) >= 11 is 0. The normalized spacial score (nSPS) is 20.1. The molecule has 0 saturated carbocycles. The smallest absolute Gasteiger partial charge is 0.307 e. The number of carboxylic acids is 1. The lowest BCUT2D eigenvalue weighted by Crippen LogP contribution is -2.42. The van der Waals surface area contributed by atoms with Crippen LogP contribution < -0.4 is 4.90 Å². The van der Waals surface area contributed by atoms with Crippen molar-refractivity contribution in [3.63, 3.8) is 0 Å². The molecule has 2 atom stereocenters. The second-order valence-electron chi connectivity index (χ2n) is 15.2. The number of aryl methyl sites for hydroxylation is 1. The molecular weight excluding hydrogens is 647 g/mol. The third-order valence-corrected chi connectivity index (χ3v) is 12.0. The number of hydrogen-bond acceptors (Lipinski definition) is 5. The van der Waals surface area contributed by atoms with Crippen LogP contribution in [0.15, 0.2) is 101 Å². The van der Waals surface area contributed by atoms with Gasteiger partial charge in [0.25, 0.3) is 10.1 Å².